The van der Waals surface area contributed by atoms with Crippen LogP contribution < -0.4 is 19.3 Å². The van der Waals surface area contributed by atoms with Crippen LogP contribution in [0.2, 0.25) is 0 Å². The molecule has 2 rings (SSSR count). The molecule has 7 heteroatoms. The molecule has 6 nitrogen and oxygen atoms in total. The van der Waals surface area contributed by atoms with E-state index in [9.17, 15) is 8.42 Å². The zero-order chi connectivity index (χ0) is 11.8. The topological polar surface area (TPSA) is 87.9 Å². The molecule has 0 saturated carbocycles. The van der Waals surface area contributed by atoms with Gasteiger partial charge in [-0.3, -0.25) is 0 Å². The Morgan fingerprint density at radius 3 is 2.81 bits per heavy atom. The van der Waals surface area contributed by atoms with Gasteiger partial charge in [0.25, 0.3) is 0 Å². The van der Waals surface area contributed by atoms with Crippen molar-refractivity contribution in [2.24, 2.45) is 5.14 Å². The fraction of sp³-hybridized carbons (Fsp3) is 0.333. The average molecular weight is 245 g/mol. The second-order valence-corrected chi connectivity index (χ2v) is 4.95. The number of hydrogen-bond donors (Lipinski definition) is 1. The van der Waals surface area contributed by atoms with Gasteiger partial charge in [-0.1, -0.05) is 0 Å². The number of nitrogens with two attached hydrogens (primary N) is 1. The van der Waals surface area contributed by atoms with Crippen molar-refractivity contribution < 1.29 is 22.6 Å². The van der Waals surface area contributed by atoms with Crippen molar-refractivity contribution in [2.75, 3.05) is 13.9 Å². The van der Waals surface area contributed by atoms with E-state index >= 15 is 0 Å². The largest absolute Gasteiger partial charge is 0.493 e. The summed E-state index contributed by atoms with van der Waals surface area (Å²) < 4.78 is 37.3. The Hall–Kier alpha value is -1.47. The number of fused-ring (bicyclic) bond motifs is 1. The lowest BCUT2D eigenvalue weighted by molar-refractivity contribution is 0.171. The summed E-state index contributed by atoms with van der Waals surface area (Å²) >= 11 is 0. The van der Waals surface area contributed by atoms with Crippen molar-refractivity contribution in [3.63, 3.8) is 0 Å². The minimum absolute atomic E-state index is 0.102. The molecule has 0 aromatic heterocycles. The molecule has 0 bridgehead atoms. The predicted octanol–water partition coefficient (Wildman–Crippen LogP) is 0.212. The van der Waals surface area contributed by atoms with Crippen LogP contribution in [0.25, 0.3) is 0 Å². The lowest BCUT2D eigenvalue weighted by Crippen LogP contribution is -2.14. The molecule has 0 aliphatic carbocycles. The lowest BCUT2D eigenvalue weighted by atomic mass is 10.2. The van der Waals surface area contributed by atoms with Gasteiger partial charge in [-0.25, -0.2) is 13.6 Å². The first kappa shape index (κ1) is 11.0. The maximum atomic E-state index is 11.0. The number of ether oxygens (including phenoxy) is 3. The van der Waals surface area contributed by atoms with Crippen LogP contribution in [0.15, 0.2) is 12.1 Å². The van der Waals surface area contributed by atoms with Gasteiger partial charge in [0.05, 0.1) is 12.9 Å². The quantitative estimate of drug-likeness (QED) is 0.822. The Bertz CT molecular complexity index is 511. The summed E-state index contributed by atoms with van der Waals surface area (Å²) in [4.78, 5) is 0. The number of rotatable bonds is 3. The minimum atomic E-state index is -3.57. The molecule has 1 aromatic carbocycles. The monoisotopic (exact) mass is 245 g/mol. The second-order valence-electron chi connectivity index (χ2n) is 3.34. The van der Waals surface area contributed by atoms with Gasteiger partial charge in [0.15, 0.2) is 11.5 Å². The smallest absolute Gasteiger partial charge is 0.231 e. The molecule has 0 radical (unpaired) electrons. The summed E-state index contributed by atoms with van der Waals surface area (Å²) in [5, 5.41) is 4.96. The third-order valence-electron chi connectivity index (χ3n) is 2.09. The molecular weight excluding hydrogens is 234 g/mol. The highest BCUT2D eigenvalue weighted by atomic mass is 32.2. The van der Waals surface area contributed by atoms with Crippen LogP contribution in [0, 0.1) is 0 Å². The SMILES string of the molecule is COc1cc(CS(N)(=O)=O)cc2c1OCO2. The molecule has 0 fully saturated rings. The molecule has 0 spiro atoms. The van der Waals surface area contributed by atoms with E-state index in [4.69, 9.17) is 19.3 Å². The third-order valence-corrected chi connectivity index (χ3v) is 2.82. The number of methoxy groups -OCH3 is 1. The highest BCUT2D eigenvalue weighted by Gasteiger charge is 2.21. The fourth-order valence-corrected chi connectivity index (χ4v) is 2.13. The highest BCUT2D eigenvalue weighted by Crippen LogP contribution is 2.41. The van der Waals surface area contributed by atoms with Crippen LogP contribution >= 0.6 is 0 Å². The van der Waals surface area contributed by atoms with E-state index < -0.39 is 10.0 Å². The Labute approximate surface area is 93.0 Å². The molecule has 1 aromatic rings. The number of hydrogen-bond acceptors (Lipinski definition) is 5. The molecule has 1 heterocycles. The zero-order valence-corrected chi connectivity index (χ0v) is 9.41. The predicted molar refractivity (Wildman–Crippen MR) is 55.9 cm³/mol. The van der Waals surface area contributed by atoms with Crippen LogP contribution in [-0.4, -0.2) is 22.3 Å². The summed E-state index contributed by atoms with van der Waals surface area (Å²) in [6, 6.07) is 3.15. The summed E-state index contributed by atoms with van der Waals surface area (Å²) in [7, 11) is -2.10. The molecule has 88 valence electrons. The van der Waals surface area contributed by atoms with Gasteiger partial charge in [0.2, 0.25) is 22.6 Å². The molecule has 0 atom stereocenters. The van der Waals surface area contributed by atoms with Gasteiger partial charge in [-0.15, -0.1) is 0 Å². The number of primary sulfonamides is 1. The Morgan fingerprint density at radius 1 is 1.44 bits per heavy atom. The first-order chi connectivity index (χ1) is 7.49. The van der Waals surface area contributed by atoms with Crippen molar-refractivity contribution in [1.29, 1.82) is 0 Å². The maximum absolute atomic E-state index is 11.0. The molecule has 2 N–H and O–H groups in total. The van der Waals surface area contributed by atoms with Crippen molar-refractivity contribution in [3.05, 3.63) is 17.7 Å². The van der Waals surface area contributed by atoms with E-state index in [1.807, 2.05) is 0 Å². The normalized spacial score (nSPS) is 13.9. The molecule has 0 amide bonds. The van der Waals surface area contributed by atoms with E-state index in [-0.39, 0.29) is 12.5 Å². The van der Waals surface area contributed by atoms with E-state index in [1.54, 1.807) is 12.1 Å². The van der Waals surface area contributed by atoms with Crippen molar-refractivity contribution >= 4 is 10.0 Å². The molecule has 0 saturated heterocycles. The Morgan fingerprint density at radius 2 is 2.19 bits per heavy atom. The minimum Gasteiger partial charge on any atom is -0.493 e. The van der Waals surface area contributed by atoms with Crippen LogP contribution in [0.5, 0.6) is 17.2 Å². The molecule has 16 heavy (non-hydrogen) atoms. The highest BCUT2D eigenvalue weighted by molar-refractivity contribution is 7.88. The van der Waals surface area contributed by atoms with Crippen molar-refractivity contribution in [3.8, 4) is 17.2 Å². The van der Waals surface area contributed by atoms with Gasteiger partial charge in [0.1, 0.15) is 0 Å². The average Bonchev–Trinajstić information content (AvgIpc) is 2.61. The Balaban J connectivity index is 2.42. The van der Waals surface area contributed by atoms with Crippen LogP contribution in [0.4, 0.5) is 0 Å². The standard InChI is InChI=1S/C9H11NO5S/c1-13-7-2-6(4-16(10,11)12)3-8-9(7)15-5-14-8/h2-3H,4-5H2,1H3,(H2,10,11,12). The molecular formula is C9H11NO5S. The van der Waals surface area contributed by atoms with Crippen molar-refractivity contribution in [2.45, 2.75) is 5.75 Å². The van der Waals surface area contributed by atoms with Gasteiger partial charge >= 0.3 is 0 Å². The van der Waals surface area contributed by atoms with Gasteiger partial charge in [0, 0.05) is 0 Å². The number of sulfonamides is 1. The fourth-order valence-electron chi connectivity index (χ4n) is 1.50. The Kier molecular flexibility index (Phi) is 2.64. The summed E-state index contributed by atoms with van der Waals surface area (Å²) in [6.45, 7) is 0.102. The van der Waals surface area contributed by atoms with Gasteiger partial charge in [-0.2, -0.15) is 0 Å². The molecule has 1 aliphatic rings. The zero-order valence-electron chi connectivity index (χ0n) is 8.60. The van der Waals surface area contributed by atoms with Crippen LogP contribution in [0.1, 0.15) is 5.56 Å². The summed E-state index contributed by atoms with van der Waals surface area (Å²) in [6.07, 6.45) is 0. The summed E-state index contributed by atoms with van der Waals surface area (Å²) in [5.41, 5.74) is 0.503. The van der Waals surface area contributed by atoms with Crippen molar-refractivity contribution in [1.82, 2.24) is 0 Å². The summed E-state index contributed by atoms with van der Waals surface area (Å²) in [5.74, 6) is 1.13. The number of benzene rings is 1. The van der Waals surface area contributed by atoms with E-state index in [0.717, 1.165) is 0 Å². The van der Waals surface area contributed by atoms with E-state index in [2.05, 4.69) is 0 Å². The van der Waals surface area contributed by atoms with E-state index in [0.29, 0.717) is 22.8 Å². The van der Waals surface area contributed by atoms with Gasteiger partial charge < -0.3 is 14.2 Å². The third kappa shape index (κ3) is 2.20. The maximum Gasteiger partial charge on any atom is 0.231 e. The van der Waals surface area contributed by atoms with Crippen LogP contribution in [-0.2, 0) is 15.8 Å². The van der Waals surface area contributed by atoms with Gasteiger partial charge in [-0.05, 0) is 17.7 Å². The molecule has 1 aliphatic heterocycles. The van der Waals surface area contributed by atoms with E-state index in [1.165, 1.54) is 7.11 Å². The second kappa shape index (κ2) is 3.84. The first-order valence-electron chi connectivity index (χ1n) is 4.46. The molecule has 0 unspecified atom stereocenters. The van der Waals surface area contributed by atoms with Crippen LogP contribution in [0.3, 0.4) is 0 Å². The lowest BCUT2D eigenvalue weighted by Gasteiger charge is -2.07. The first-order valence-corrected chi connectivity index (χ1v) is 6.18.